The predicted octanol–water partition coefficient (Wildman–Crippen LogP) is 1.03. The minimum absolute atomic E-state index is 0.215. The van der Waals surface area contributed by atoms with E-state index in [1.807, 2.05) is 12.5 Å². The molecule has 0 radical (unpaired) electrons. The molecule has 0 N–H and O–H groups in total. The molecule has 3 nitrogen and oxygen atoms in total. The van der Waals surface area contributed by atoms with Gasteiger partial charge in [-0.2, -0.15) is 0 Å². The zero-order valence-electron chi connectivity index (χ0n) is 7.16. The summed E-state index contributed by atoms with van der Waals surface area (Å²) in [4.78, 5) is 15.1. The van der Waals surface area contributed by atoms with Crippen LogP contribution in [0.25, 0.3) is 0 Å². The monoisotopic (exact) mass is 164 g/mol. The Bertz CT molecular complexity index is 303. The van der Waals surface area contributed by atoms with Crippen molar-refractivity contribution in [3.63, 3.8) is 0 Å². The molecule has 0 aliphatic carbocycles. The molecule has 12 heavy (non-hydrogen) atoms. The van der Waals surface area contributed by atoms with Gasteiger partial charge in [-0.15, -0.1) is 0 Å². The van der Waals surface area contributed by atoms with Crippen LogP contribution in [0.5, 0.6) is 0 Å². The molecule has 1 aromatic heterocycles. The molecule has 0 saturated heterocycles. The highest BCUT2D eigenvalue weighted by Crippen LogP contribution is 2.19. The maximum atomic E-state index is 11.1. The highest BCUT2D eigenvalue weighted by molar-refractivity contribution is 5.78. The third-order valence-corrected chi connectivity index (χ3v) is 2.54. The van der Waals surface area contributed by atoms with Gasteiger partial charge in [0.25, 0.3) is 0 Å². The molecule has 1 aromatic rings. The maximum Gasteiger partial charge on any atom is 0.134 e. The number of imidazole rings is 1. The van der Waals surface area contributed by atoms with Crippen LogP contribution in [0.15, 0.2) is 12.5 Å². The summed E-state index contributed by atoms with van der Waals surface area (Å²) in [5, 5.41) is 0. The fourth-order valence-corrected chi connectivity index (χ4v) is 1.70. The molecule has 0 saturated carbocycles. The number of ketones is 1. The van der Waals surface area contributed by atoms with E-state index >= 15 is 0 Å². The summed E-state index contributed by atoms with van der Waals surface area (Å²) in [6, 6.07) is 0. The first-order valence-electron chi connectivity index (χ1n) is 4.27. The van der Waals surface area contributed by atoms with E-state index in [4.69, 9.17) is 0 Å². The summed E-state index contributed by atoms with van der Waals surface area (Å²) < 4.78 is 2.08. The van der Waals surface area contributed by atoms with Crippen LogP contribution < -0.4 is 0 Å². The quantitative estimate of drug-likeness (QED) is 0.621. The van der Waals surface area contributed by atoms with Crippen molar-refractivity contribution in [3.8, 4) is 0 Å². The molecular weight excluding hydrogens is 152 g/mol. The average Bonchev–Trinajstić information content (AvgIpc) is 2.49. The van der Waals surface area contributed by atoms with E-state index in [-0.39, 0.29) is 5.92 Å². The van der Waals surface area contributed by atoms with E-state index in [1.165, 1.54) is 5.69 Å². The van der Waals surface area contributed by atoms with Gasteiger partial charge in [0.15, 0.2) is 0 Å². The molecule has 1 unspecified atom stereocenters. The summed E-state index contributed by atoms with van der Waals surface area (Å²) in [5.74, 6) is 0.515. The van der Waals surface area contributed by atoms with Crippen LogP contribution in [0, 0.1) is 5.92 Å². The van der Waals surface area contributed by atoms with Crippen molar-refractivity contribution >= 4 is 5.78 Å². The van der Waals surface area contributed by atoms with Crippen LogP contribution in [0.2, 0.25) is 0 Å². The Balaban J connectivity index is 2.20. The van der Waals surface area contributed by atoms with E-state index in [0.29, 0.717) is 5.78 Å². The Morgan fingerprint density at radius 3 is 3.33 bits per heavy atom. The van der Waals surface area contributed by atoms with Crippen LogP contribution in [-0.2, 0) is 17.8 Å². The molecule has 0 spiro atoms. The lowest BCUT2D eigenvalue weighted by molar-refractivity contribution is -0.121. The molecule has 3 heteroatoms. The fourth-order valence-electron chi connectivity index (χ4n) is 1.70. The Hall–Kier alpha value is -1.12. The molecule has 0 fully saturated rings. The molecule has 0 amide bonds. The predicted molar refractivity (Wildman–Crippen MR) is 44.7 cm³/mol. The van der Waals surface area contributed by atoms with Crippen LogP contribution >= 0.6 is 0 Å². The second kappa shape index (κ2) is 2.73. The van der Waals surface area contributed by atoms with Crippen LogP contribution in [0.4, 0.5) is 0 Å². The normalized spacial score (nSPS) is 21.9. The van der Waals surface area contributed by atoms with Crippen molar-refractivity contribution in [2.75, 3.05) is 0 Å². The topological polar surface area (TPSA) is 34.9 Å². The van der Waals surface area contributed by atoms with E-state index in [9.17, 15) is 4.79 Å². The number of fused-ring (bicyclic) bond motifs is 1. The minimum atomic E-state index is 0.215. The number of aryl methyl sites for hydroxylation is 1. The Morgan fingerprint density at radius 2 is 2.58 bits per heavy atom. The molecule has 0 bridgehead atoms. The van der Waals surface area contributed by atoms with E-state index in [0.717, 1.165) is 19.4 Å². The van der Waals surface area contributed by atoms with Crippen molar-refractivity contribution in [2.45, 2.75) is 26.3 Å². The molecule has 2 rings (SSSR count). The molecule has 1 atom stereocenters. The number of carbonyl (C=O) groups excluding carboxylic acids is 1. The number of nitrogens with zero attached hydrogens (tertiary/aromatic N) is 2. The first-order valence-corrected chi connectivity index (χ1v) is 4.27. The van der Waals surface area contributed by atoms with E-state index in [1.54, 1.807) is 6.92 Å². The van der Waals surface area contributed by atoms with Gasteiger partial charge in [0.05, 0.1) is 6.33 Å². The summed E-state index contributed by atoms with van der Waals surface area (Å²) in [7, 11) is 0. The standard InChI is InChI=1S/C9H12N2O/c1-7(12)8-2-3-9-4-10-6-11(9)5-8/h4,6,8H,2-3,5H2,1H3. The average molecular weight is 164 g/mol. The van der Waals surface area contributed by atoms with Crippen molar-refractivity contribution in [2.24, 2.45) is 5.92 Å². The van der Waals surface area contributed by atoms with Crippen molar-refractivity contribution in [1.29, 1.82) is 0 Å². The first-order chi connectivity index (χ1) is 5.77. The zero-order chi connectivity index (χ0) is 8.55. The van der Waals surface area contributed by atoms with Gasteiger partial charge in [-0.3, -0.25) is 4.79 Å². The van der Waals surface area contributed by atoms with E-state index < -0.39 is 0 Å². The van der Waals surface area contributed by atoms with Crippen LogP contribution in [0.1, 0.15) is 19.0 Å². The van der Waals surface area contributed by atoms with Gasteiger partial charge in [0.2, 0.25) is 0 Å². The molecule has 2 heterocycles. The van der Waals surface area contributed by atoms with Crippen molar-refractivity contribution in [1.82, 2.24) is 9.55 Å². The third kappa shape index (κ3) is 1.15. The molecule has 64 valence electrons. The third-order valence-electron chi connectivity index (χ3n) is 2.54. The number of aromatic nitrogens is 2. The lowest BCUT2D eigenvalue weighted by Crippen LogP contribution is -2.24. The summed E-state index contributed by atoms with van der Waals surface area (Å²) in [6.07, 6.45) is 5.67. The van der Waals surface area contributed by atoms with Gasteiger partial charge in [-0.1, -0.05) is 0 Å². The van der Waals surface area contributed by atoms with Gasteiger partial charge in [0, 0.05) is 24.4 Å². The van der Waals surface area contributed by atoms with Crippen molar-refractivity contribution in [3.05, 3.63) is 18.2 Å². The highest BCUT2D eigenvalue weighted by Gasteiger charge is 2.21. The summed E-state index contributed by atoms with van der Waals surface area (Å²) >= 11 is 0. The van der Waals surface area contributed by atoms with Gasteiger partial charge in [-0.25, -0.2) is 4.98 Å². The molecule has 1 aliphatic rings. The Kier molecular flexibility index (Phi) is 1.71. The van der Waals surface area contributed by atoms with Gasteiger partial charge in [0.1, 0.15) is 5.78 Å². The molecule has 0 aromatic carbocycles. The number of rotatable bonds is 1. The minimum Gasteiger partial charge on any atom is -0.334 e. The maximum absolute atomic E-state index is 11.1. The number of hydrogen-bond acceptors (Lipinski definition) is 2. The molecular formula is C9H12N2O. The second-order valence-corrected chi connectivity index (χ2v) is 3.38. The Morgan fingerprint density at radius 1 is 1.75 bits per heavy atom. The number of carbonyl (C=O) groups is 1. The van der Waals surface area contributed by atoms with Gasteiger partial charge >= 0.3 is 0 Å². The summed E-state index contributed by atoms with van der Waals surface area (Å²) in [6.45, 7) is 2.50. The fraction of sp³-hybridized carbons (Fsp3) is 0.556. The first kappa shape index (κ1) is 7.53. The van der Waals surface area contributed by atoms with Crippen LogP contribution in [0.3, 0.4) is 0 Å². The van der Waals surface area contributed by atoms with E-state index in [2.05, 4.69) is 9.55 Å². The second-order valence-electron chi connectivity index (χ2n) is 3.38. The molecule has 1 aliphatic heterocycles. The highest BCUT2D eigenvalue weighted by atomic mass is 16.1. The SMILES string of the molecule is CC(=O)C1CCc2cncn2C1. The smallest absolute Gasteiger partial charge is 0.134 e. The largest absolute Gasteiger partial charge is 0.334 e. The lowest BCUT2D eigenvalue weighted by atomic mass is 9.95. The summed E-state index contributed by atoms with van der Waals surface area (Å²) in [5.41, 5.74) is 1.26. The van der Waals surface area contributed by atoms with Crippen molar-refractivity contribution < 1.29 is 4.79 Å². The van der Waals surface area contributed by atoms with Gasteiger partial charge < -0.3 is 4.57 Å². The van der Waals surface area contributed by atoms with Crippen LogP contribution in [-0.4, -0.2) is 15.3 Å². The zero-order valence-corrected chi connectivity index (χ0v) is 7.16. The van der Waals surface area contributed by atoms with Gasteiger partial charge in [-0.05, 0) is 19.8 Å². The lowest BCUT2D eigenvalue weighted by Gasteiger charge is -2.21. The number of Topliss-reactive ketones (excluding diaryl/α,β-unsaturated/α-hetero) is 1. The number of hydrogen-bond donors (Lipinski definition) is 0. The Labute approximate surface area is 71.4 Å².